The molecule has 0 bridgehead atoms. The summed E-state index contributed by atoms with van der Waals surface area (Å²) in [5, 5.41) is 12.5. The van der Waals surface area contributed by atoms with Gasteiger partial charge in [-0.1, -0.05) is 31.4 Å². The number of carbonyl (C=O) groups excluding carboxylic acids is 2. The second-order valence-corrected chi connectivity index (χ2v) is 9.06. The molecule has 0 saturated carbocycles. The summed E-state index contributed by atoms with van der Waals surface area (Å²) >= 11 is 0. The quantitative estimate of drug-likeness (QED) is 0.244. The van der Waals surface area contributed by atoms with Crippen molar-refractivity contribution in [3.63, 3.8) is 0 Å². The van der Waals surface area contributed by atoms with Crippen molar-refractivity contribution in [1.82, 2.24) is 24.6 Å². The van der Waals surface area contributed by atoms with Crippen LogP contribution in [0.15, 0.2) is 80.3 Å². The third-order valence-corrected chi connectivity index (χ3v) is 6.68. The van der Waals surface area contributed by atoms with Gasteiger partial charge < -0.3 is 20.3 Å². The third kappa shape index (κ3) is 5.22. The van der Waals surface area contributed by atoms with Gasteiger partial charge in [0.1, 0.15) is 23.9 Å². The Bertz CT molecular complexity index is 1610. The number of nitrogens with zero attached hydrogens (tertiary/aromatic N) is 5. The predicted molar refractivity (Wildman–Crippen MR) is 152 cm³/mol. The van der Waals surface area contributed by atoms with Crippen LogP contribution in [0.2, 0.25) is 0 Å². The first-order chi connectivity index (χ1) is 19.0. The van der Waals surface area contributed by atoms with E-state index in [1.54, 1.807) is 23.1 Å². The van der Waals surface area contributed by atoms with E-state index in [9.17, 15) is 9.59 Å². The van der Waals surface area contributed by atoms with Crippen molar-refractivity contribution < 1.29 is 14.3 Å². The molecule has 0 spiro atoms. The summed E-state index contributed by atoms with van der Waals surface area (Å²) in [7, 11) is 1.53. The first-order valence-corrected chi connectivity index (χ1v) is 12.6. The number of hydrogen-bond donors (Lipinski definition) is 2. The number of ether oxygens (including phenoxy) is 1. The topological polar surface area (TPSA) is 114 Å². The lowest BCUT2D eigenvalue weighted by atomic mass is 10.1. The third-order valence-electron chi connectivity index (χ3n) is 6.68. The van der Waals surface area contributed by atoms with Gasteiger partial charge in [-0.05, 0) is 43.2 Å². The summed E-state index contributed by atoms with van der Waals surface area (Å²) in [6, 6.07) is 8.93. The molecule has 1 fully saturated rings. The van der Waals surface area contributed by atoms with Crippen LogP contribution in [0.5, 0.6) is 5.75 Å². The lowest BCUT2D eigenvalue weighted by Crippen LogP contribution is -2.42. The highest BCUT2D eigenvalue weighted by molar-refractivity contribution is 6.03. The minimum Gasteiger partial charge on any atom is -0.494 e. The van der Waals surface area contributed by atoms with Crippen LogP contribution in [0.4, 0.5) is 17.2 Å². The van der Waals surface area contributed by atoms with Crippen molar-refractivity contribution in [2.24, 2.45) is 0 Å². The van der Waals surface area contributed by atoms with Crippen LogP contribution in [0.3, 0.4) is 0 Å². The van der Waals surface area contributed by atoms with E-state index in [-0.39, 0.29) is 11.8 Å². The fourth-order valence-electron chi connectivity index (χ4n) is 4.79. The predicted octanol–water partition coefficient (Wildman–Crippen LogP) is 4.59. The van der Waals surface area contributed by atoms with E-state index in [0.29, 0.717) is 47.7 Å². The SMILES string of the molecule is C=C/C=C/Cn1ncc2cc(Nc3ncnc4cc(OC)c(NC(=O)[C@@H]5CCCN5C(=O)C=C)cc34)ccc21. The molecule has 1 saturated heterocycles. The molecule has 10 nitrogen and oxygen atoms in total. The van der Waals surface area contributed by atoms with Crippen LogP contribution in [-0.4, -0.2) is 56.2 Å². The molecule has 10 heteroatoms. The number of aromatic nitrogens is 4. The Balaban J connectivity index is 1.43. The molecule has 2 aromatic heterocycles. The van der Waals surface area contributed by atoms with E-state index in [4.69, 9.17) is 4.74 Å². The van der Waals surface area contributed by atoms with E-state index < -0.39 is 6.04 Å². The molecule has 2 amide bonds. The summed E-state index contributed by atoms with van der Waals surface area (Å²) in [5.41, 5.74) is 2.95. The number of fused-ring (bicyclic) bond motifs is 2. The van der Waals surface area contributed by atoms with Gasteiger partial charge in [-0.25, -0.2) is 9.97 Å². The summed E-state index contributed by atoms with van der Waals surface area (Å²) < 4.78 is 7.46. The highest BCUT2D eigenvalue weighted by Gasteiger charge is 2.33. The number of likely N-dealkylation sites (tertiary alicyclic amines) is 1. The molecule has 4 aromatic rings. The van der Waals surface area contributed by atoms with Gasteiger partial charge in [0.05, 0.1) is 36.6 Å². The average Bonchev–Trinajstić information content (AvgIpc) is 3.60. The van der Waals surface area contributed by atoms with Crippen molar-refractivity contribution >= 4 is 50.8 Å². The number of rotatable bonds is 9. The molecule has 198 valence electrons. The molecule has 0 aliphatic carbocycles. The lowest BCUT2D eigenvalue weighted by Gasteiger charge is -2.23. The molecular formula is C29H29N7O3. The fraction of sp³-hybridized carbons (Fsp3) is 0.207. The number of benzene rings is 2. The van der Waals surface area contributed by atoms with Crippen molar-refractivity contribution in [3.05, 3.63) is 80.3 Å². The van der Waals surface area contributed by atoms with Crippen molar-refractivity contribution in [1.29, 1.82) is 0 Å². The van der Waals surface area contributed by atoms with E-state index in [1.807, 2.05) is 41.2 Å². The summed E-state index contributed by atoms with van der Waals surface area (Å²) in [5.74, 6) is 0.494. The Morgan fingerprint density at radius 2 is 2.08 bits per heavy atom. The van der Waals surface area contributed by atoms with Gasteiger partial charge in [-0.15, -0.1) is 0 Å². The largest absolute Gasteiger partial charge is 0.494 e. The molecule has 3 heterocycles. The molecule has 1 atom stereocenters. The molecule has 5 rings (SSSR count). The normalized spacial score (nSPS) is 15.1. The van der Waals surface area contributed by atoms with Gasteiger partial charge in [0, 0.05) is 29.1 Å². The monoisotopic (exact) mass is 523 g/mol. The minimum absolute atomic E-state index is 0.256. The van der Waals surface area contributed by atoms with Crippen molar-refractivity contribution in [2.45, 2.75) is 25.4 Å². The zero-order valence-corrected chi connectivity index (χ0v) is 21.6. The number of anilines is 3. The first-order valence-electron chi connectivity index (χ1n) is 12.6. The molecular weight excluding hydrogens is 494 g/mol. The molecule has 1 aliphatic heterocycles. The fourth-order valence-corrected chi connectivity index (χ4v) is 4.79. The maximum absolute atomic E-state index is 13.2. The number of amides is 2. The van der Waals surface area contributed by atoms with Gasteiger partial charge in [0.15, 0.2) is 0 Å². The van der Waals surface area contributed by atoms with Crippen LogP contribution in [0.25, 0.3) is 21.8 Å². The standard InChI is InChI=1S/C29H29N7O3/c1-4-6-7-13-36-24-11-10-20(14-19(24)17-32-36)33-28-21-15-23(26(39-3)16-22(21)30-18-31-28)34-29(38)25-9-8-12-35(25)27(37)5-2/h4-7,10-11,14-18,25H,1-2,8-9,12-13H2,3H3,(H,34,38)(H,30,31,33)/b7-6+/t25-/m0/s1. The summed E-state index contributed by atoms with van der Waals surface area (Å²) in [6.45, 7) is 8.41. The zero-order chi connectivity index (χ0) is 27.4. The Morgan fingerprint density at radius 3 is 2.87 bits per heavy atom. The van der Waals surface area contributed by atoms with Crippen molar-refractivity contribution in [2.75, 3.05) is 24.3 Å². The van der Waals surface area contributed by atoms with Gasteiger partial charge >= 0.3 is 0 Å². The number of carbonyl (C=O) groups is 2. The summed E-state index contributed by atoms with van der Waals surface area (Å²) in [4.78, 5) is 35.8. The molecule has 39 heavy (non-hydrogen) atoms. The van der Waals surface area contributed by atoms with Gasteiger partial charge in [0.25, 0.3) is 0 Å². The Labute approximate surface area is 225 Å². The number of hydrogen-bond acceptors (Lipinski definition) is 7. The van der Waals surface area contributed by atoms with Gasteiger partial charge in [-0.2, -0.15) is 5.10 Å². The van der Waals surface area contributed by atoms with E-state index >= 15 is 0 Å². The Hall–Kier alpha value is -4.99. The number of allylic oxidation sites excluding steroid dienone is 3. The van der Waals surface area contributed by atoms with E-state index in [1.165, 1.54) is 19.5 Å². The van der Waals surface area contributed by atoms with Crippen LogP contribution in [0.1, 0.15) is 12.8 Å². The Morgan fingerprint density at radius 1 is 1.21 bits per heavy atom. The zero-order valence-electron chi connectivity index (χ0n) is 21.6. The second kappa shape index (κ2) is 11.2. The average molecular weight is 524 g/mol. The van der Waals surface area contributed by atoms with Gasteiger partial charge in [0.2, 0.25) is 11.8 Å². The maximum Gasteiger partial charge on any atom is 0.247 e. The Kier molecular flexibility index (Phi) is 7.35. The van der Waals surface area contributed by atoms with Crippen LogP contribution in [0, 0.1) is 0 Å². The van der Waals surface area contributed by atoms with Crippen LogP contribution in [-0.2, 0) is 16.1 Å². The minimum atomic E-state index is -0.569. The number of methoxy groups -OCH3 is 1. The molecule has 0 unspecified atom stereocenters. The van der Waals surface area contributed by atoms with Gasteiger partial charge in [-0.3, -0.25) is 14.3 Å². The van der Waals surface area contributed by atoms with Crippen LogP contribution >= 0.6 is 0 Å². The highest BCUT2D eigenvalue weighted by Crippen LogP contribution is 2.34. The molecule has 1 aliphatic rings. The number of nitrogens with one attached hydrogen (secondary N) is 2. The first kappa shape index (κ1) is 25.7. The van der Waals surface area contributed by atoms with Crippen molar-refractivity contribution in [3.8, 4) is 5.75 Å². The maximum atomic E-state index is 13.2. The van der Waals surface area contributed by atoms with Crippen LogP contribution < -0.4 is 15.4 Å². The molecule has 0 radical (unpaired) electrons. The lowest BCUT2D eigenvalue weighted by molar-refractivity contribution is -0.132. The summed E-state index contributed by atoms with van der Waals surface area (Å²) in [6.07, 6.45) is 11.5. The molecule has 2 N–H and O–H groups in total. The van der Waals surface area contributed by atoms with E-state index in [2.05, 4.69) is 38.9 Å². The highest BCUT2D eigenvalue weighted by atomic mass is 16.5. The smallest absolute Gasteiger partial charge is 0.247 e. The second-order valence-electron chi connectivity index (χ2n) is 9.06. The molecule has 2 aromatic carbocycles. The van der Waals surface area contributed by atoms with E-state index in [0.717, 1.165) is 23.0 Å².